The van der Waals surface area contributed by atoms with Gasteiger partial charge < -0.3 is 5.73 Å². The molecule has 2 rings (SSSR count). The summed E-state index contributed by atoms with van der Waals surface area (Å²) < 4.78 is 0.877. The van der Waals surface area contributed by atoms with Crippen molar-refractivity contribution in [2.24, 2.45) is 11.7 Å². The molecule has 3 heteroatoms. The highest BCUT2D eigenvalue weighted by molar-refractivity contribution is 9.10. The molecule has 15 heavy (non-hydrogen) atoms. The quantitative estimate of drug-likeness (QED) is 0.835. The third-order valence-corrected chi connectivity index (χ3v) is 3.76. The lowest BCUT2D eigenvalue weighted by atomic mass is 9.82. The maximum atomic E-state index is 6.26. The first kappa shape index (κ1) is 11.1. The average molecular weight is 269 g/mol. The van der Waals surface area contributed by atoms with Crippen LogP contribution in [0.15, 0.2) is 22.9 Å². The molecule has 0 aromatic carbocycles. The molecular weight excluding hydrogens is 252 g/mol. The molecule has 0 amide bonds. The van der Waals surface area contributed by atoms with Gasteiger partial charge in [-0.05, 0) is 46.3 Å². The standard InChI is InChI=1S/C12H17BrN2/c13-11-7-6-10(8-15-11)12(14)9-4-2-1-3-5-9/h6-9,12H,1-5,14H2/t12-/m1/s1. The minimum absolute atomic E-state index is 0.172. The second kappa shape index (κ2) is 5.08. The minimum Gasteiger partial charge on any atom is -0.324 e. The van der Waals surface area contributed by atoms with Gasteiger partial charge in [-0.25, -0.2) is 4.98 Å². The molecule has 82 valence electrons. The van der Waals surface area contributed by atoms with Gasteiger partial charge in [0, 0.05) is 12.2 Å². The van der Waals surface area contributed by atoms with E-state index in [-0.39, 0.29) is 6.04 Å². The fourth-order valence-corrected chi connectivity index (χ4v) is 2.58. The number of nitrogens with zero attached hydrogens (tertiary/aromatic N) is 1. The summed E-state index contributed by atoms with van der Waals surface area (Å²) in [6.07, 6.45) is 8.49. The van der Waals surface area contributed by atoms with Crippen LogP contribution >= 0.6 is 15.9 Å². The number of halogens is 1. The van der Waals surface area contributed by atoms with E-state index in [0.29, 0.717) is 5.92 Å². The maximum absolute atomic E-state index is 6.26. The van der Waals surface area contributed by atoms with Crippen LogP contribution in [0.25, 0.3) is 0 Å². The van der Waals surface area contributed by atoms with E-state index in [4.69, 9.17) is 5.73 Å². The van der Waals surface area contributed by atoms with Gasteiger partial charge in [-0.3, -0.25) is 0 Å². The fourth-order valence-electron chi connectivity index (χ4n) is 2.35. The van der Waals surface area contributed by atoms with Crippen molar-refractivity contribution in [1.82, 2.24) is 4.98 Å². The van der Waals surface area contributed by atoms with Gasteiger partial charge in [0.15, 0.2) is 0 Å². The van der Waals surface area contributed by atoms with E-state index < -0.39 is 0 Å². The van der Waals surface area contributed by atoms with Gasteiger partial charge in [-0.1, -0.05) is 25.3 Å². The van der Waals surface area contributed by atoms with E-state index in [1.165, 1.54) is 37.7 Å². The third-order valence-electron chi connectivity index (χ3n) is 3.29. The largest absolute Gasteiger partial charge is 0.324 e. The molecule has 1 aromatic heterocycles. The molecule has 1 atom stereocenters. The van der Waals surface area contributed by atoms with Crippen molar-refractivity contribution in [3.63, 3.8) is 0 Å². The summed E-state index contributed by atoms with van der Waals surface area (Å²) in [6.45, 7) is 0. The van der Waals surface area contributed by atoms with Gasteiger partial charge in [0.1, 0.15) is 4.60 Å². The summed E-state index contributed by atoms with van der Waals surface area (Å²) in [7, 11) is 0. The Morgan fingerprint density at radius 1 is 1.27 bits per heavy atom. The number of rotatable bonds is 2. The van der Waals surface area contributed by atoms with E-state index in [1.54, 1.807) is 0 Å². The molecule has 0 saturated heterocycles. The summed E-state index contributed by atoms with van der Waals surface area (Å²) in [4.78, 5) is 4.23. The van der Waals surface area contributed by atoms with E-state index >= 15 is 0 Å². The summed E-state index contributed by atoms with van der Waals surface area (Å²) in [5.41, 5.74) is 7.44. The Morgan fingerprint density at radius 3 is 2.60 bits per heavy atom. The Balaban J connectivity index is 2.05. The Hall–Kier alpha value is -0.410. The fraction of sp³-hybridized carbons (Fsp3) is 0.583. The molecule has 2 nitrogen and oxygen atoms in total. The zero-order valence-corrected chi connectivity index (χ0v) is 10.4. The van der Waals surface area contributed by atoms with Gasteiger partial charge in [0.2, 0.25) is 0 Å². The predicted molar refractivity (Wildman–Crippen MR) is 65.4 cm³/mol. The highest BCUT2D eigenvalue weighted by Gasteiger charge is 2.21. The first-order chi connectivity index (χ1) is 7.27. The number of hydrogen-bond acceptors (Lipinski definition) is 2. The molecule has 1 heterocycles. The topological polar surface area (TPSA) is 38.9 Å². The molecule has 0 spiro atoms. The Bertz CT molecular complexity index is 304. The molecule has 1 aromatic rings. The minimum atomic E-state index is 0.172. The third kappa shape index (κ3) is 2.79. The molecule has 0 unspecified atom stereocenters. The molecule has 1 aliphatic carbocycles. The van der Waals surface area contributed by atoms with Gasteiger partial charge in [0.25, 0.3) is 0 Å². The van der Waals surface area contributed by atoms with Gasteiger partial charge in [-0.15, -0.1) is 0 Å². The van der Waals surface area contributed by atoms with Crippen LogP contribution < -0.4 is 5.73 Å². The van der Waals surface area contributed by atoms with Crippen molar-refractivity contribution in [2.45, 2.75) is 38.1 Å². The molecule has 1 saturated carbocycles. The highest BCUT2D eigenvalue weighted by Crippen LogP contribution is 2.32. The summed E-state index contributed by atoms with van der Waals surface area (Å²) in [5.74, 6) is 0.654. The summed E-state index contributed by atoms with van der Waals surface area (Å²) >= 11 is 3.34. The summed E-state index contributed by atoms with van der Waals surface area (Å²) in [5, 5.41) is 0. The van der Waals surface area contributed by atoms with Crippen LogP contribution in [0.1, 0.15) is 43.7 Å². The van der Waals surface area contributed by atoms with E-state index in [0.717, 1.165) is 4.60 Å². The first-order valence-electron chi connectivity index (χ1n) is 5.64. The molecule has 0 aliphatic heterocycles. The van der Waals surface area contributed by atoms with Crippen LogP contribution in [0, 0.1) is 5.92 Å². The van der Waals surface area contributed by atoms with Crippen molar-refractivity contribution in [1.29, 1.82) is 0 Å². The number of hydrogen-bond donors (Lipinski definition) is 1. The van der Waals surface area contributed by atoms with Crippen LogP contribution in [0.5, 0.6) is 0 Å². The molecular formula is C12H17BrN2. The van der Waals surface area contributed by atoms with Crippen molar-refractivity contribution >= 4 is 15.9 Å². The molecule has 1 fully saturated rings. The molecule has 2 N–H and O–H groups in total. The molecule has 1 aliphatic rings. The van der Waals surface area contributed by atoms with Gasteiger partial charge >= 0.3 is 0 Å². The lowest BCUT2D eigenvalue weighted by Gasteiger charge is -2.27. The Morgan fingerprint density at radius 2 is 2.00 bits per heavy atom. The smallest absolute Gasteiger partial charge is 0.106 e. The Kier molecular flexibility index (Phi) is 3.76. The number of aromatic nitrogens is 1. The average Bonchev–Trinajstić information content (AvgIpc) is 2.30. The van der Waals surface area contributed by atoms with Crippen LogP contribution in [-0.2, 0) is 0 Å². The molecule has 0 bridgehead atoms. The normalized spacial score (nSPS) is 20.1. The van der Waals surface area contributed by atoms with Gasteiger partial charge in [0.05, 0.1) is 0 Å². The second-order valence-electron chi connectivity index (χ2n) is 4.34. The number of pyridine rings is 1. The zero-order valence-electron chi connectivity index (χ0n) is 8.82. The van der Waals surface area contributed by atoms with Crippen LogP contribution in [-0.4, -0.2) is 4.98 Å². The number of nitrogens with two attached hydrogens (primary N) is 1. The van der Waals surface area contributed by atoms with Crippen molar-refractivity contribution in [3.8, 4) is 0 Å². The zero-order chi connectivity index (χ0) is 10.7. The predicted octanol–water partition coefficient (Wildman–Crippen LogP) is 3.42. The Labute approximate surface area is 99.4 Å². The lowest BCUT2D eigenvalue weighted by molar-refractivity contribution is 0.308. The monoisotopic (exact) mass is 268 g/mol. The lowest BCUT2D eigenvalue weighted by Crippen LogP contribution is -2.23. The first-order valence-corrected chi connectivity index (χ1v) is 6.43. The maximum Gasteiger partial charge on any atom is 0.106 e. The van der Waals surface area contributed by atoms with Crippen LogP contribution in [0.2, 0.25) is 0 Å². The second-order valence-corrected chi connectivity index (χ2v) is 5.15. The van der Waals surface area contributed by atoms with Gasteiger partial charge in [-0.2, -0.15) is 0 Å². The van der Waals surface area contributed by atoms with Crippen molar-refractivity contribution in [3.05, 3.63) is 28.5 Å². The SMILES string of the molecule is N[C@@H](c1ccc(Br)nc1)C1CCCCC1. The van der Waals surface area contributed by atoms with E-state index in [9.17, 15) is 0 Å². The van der Waals surface area contributed by atoms with E-state index in [1.807, 2.05) is 12.3 Å². The van der Waals surface area contributed by atoms with Crippen LogP contribution in [0.3, 0.4) is 0 Å². The highest BCUT2D eigenvalue weighted by atomic mass is 79.9. The van der Waals surface area contributed by atoms with Crippen molar-refractivity contribution < 1.29 is 0 Å². The van der Waals surface area contributed by atoms with E-state index in [2.05, 4.69) is 27.0 Å². The van der Waals surface area contributed by atoms with Crippen molar-refractivity contribution in [2.75, 3.05) is 0 Å². The molecule has 0 radical (unpaired) electrons. The summed E-state index contributed by atoms with van der Waals surface area (Å²) in [6, 6.07) is 4.22. The van der Waals surface area contributed by atoms with Crippen LogP contribution in [0.4, 0.5) is 0 Å².